The van der Waals surface area contributed by atoms with Gasteiger partial charge in [0.2, 0.25) is 5.78 Å². The summed E-state index contributed by atoms with van der Waals surface area (Å²) in [5, 5.41) is 10.4. The Balaban J connectivity index is 3.06. The van der Waals surface area contributed by atoms with E-state index in [1.54, 1.807) is 18.2 Å². The molecule has 0 bridgehead atoms. The lowest BCUT2D eigenvalue weighted by molar-refractivity contribution is -0.417. The van der Waals surface area contributed by atoms with E-state index < -0.39 is 16.4 Å². The van der Waals surface area contributed by atoms with Crippen molar-refractivity contribution in [3.8, 4) is 0 Å². The van der Waals surface area contributed by atoms with Crippen LogP contribution < -0.4 is 0 Å². The van der Waals surface area contributed by atoms with Crippen molar-refractivity contribution in [1.82, 2.24) is 4.98 Å². The van der Waals surface area contributed by atoms with E-state index in [-0.39, 0.29) is 0 Å². The second-order valence-electron chi connectivity index (χ2n) is 2.60. The number of nitrogens with zero attached hydrogens (tertiary/aromatic N) is 2. The maximum absolute atomic E-state index is 10.9. The number of rotatable bonds is 3. The molecule has 0 radical (unpaired) electrons. The third-order valence-corrected chi connectivity index (χ3v) is 1.53. The first-order valence-electron chi connectivity index (χ1n) is 3.89. The minimum atomic E-state index is -0.711. The maximum atomic E-state index is 10.9. The van der Waals surface area contributed by atoms with Crippen LogP contribution in [0.25, 0.3) is 6.08 Å². The fourth-order valence-corrected chi connectivity index (χ4v) is 0.884. The van der Waals surface area contributed by atoms with E-state index in [4.69, 9.17) is 0 Å². The largest absolute Gasteiger partial charge is 0.313 e. The Morgan fingerprint density at radius 2 is 2.29 bits per heavy atom. The zero-order valence-corrected chi connectivity index (χ0v) is 7.51. The lowest BCUT2D eigenvalue weighted by Gasteiger charge is -1.93. The van der Waals surface area contributed by atoms with E-state index >= 15 is 0 Å². The summed E-state index contributed by atoms with van der Waals surface area (Å²) in [4.78, 5) is 24.4. The van der Waals surface area contributed by atoms with Crippen molar-refractivity contribution in [3.63, 3.8) is 0 Å². The molecule has 0 aliphatic rings. The Bertz CT molecular complexity index is 368. The standard InChI is InChI=1S/C9H8N2O3/c1-7(12)9(11(13)14)6-8-4-2-3-5-10-8/h2-6H,1H3. The smallest absolute Gasteiger partial charge is 0.288 e. The molecule has 1 heterocycles. The van der Waals surface area contributed by atoms with Gasteiger partial charge in [0.05, 0.1) is 10.6 Å². The van der Waals surface area contributed by atoms with Crippen LogP contribution in [0.5, 0.6) is 0 Å². The zero-order chi connectivity index (χ0) is 10.6. The molecule has 0 spiro atoms. The molecular formula is C9H8N2O3. The highest BCUT2D eigenvalue weighted by atomic mass is 16.6. The number of pyridine rings is 1. The highest BCUT2D eigenvalue weighted by molar-refractivity contribution is 5.94. The molecule has 1 aromatic heterocycles. The van der Waals surface area contributed by atoms with Gasteiger partial charge >= 0.3 is 5.70 Å². The van der Waals surface area contributed by atoms with Gasteiger partial charge in [-0.2, -0.15) is 0 Å². The van der Waals surface area contributed by atoms with Gasteiger partial charge < -0.3 is 0 Å². The number of carbonyl (C=O) groups is 1. The number of ketones is 1. The topological polar surface area (TPSA) is 73.1 Å². The van der Waals surface area contributed by atoms with Crippen LogP contribution in [0, 0.1) is 10.1 Å². The van der Waals surface area contributed by atoms with Crippen LogP contribution in [-0.2, 0) is 4.79 Å². The molecular weight excluding hydrogens is 184 g/mol. The molecule has 5 nitrogen and oxygen atoms in total. The first-order valence-corrected chi connectivity index (χ1v) is 3.89. The summed E-state index contributed by atoms with van der Waals surface area (Å²) in [6, 6.07) is 4.97. The number of carbonyl (C=O) groups excluding carboxylic acids is 1. The Morgan fingerprint density at radius 1 is 1.57 bits per heavy atom. The number of Topliss-reactive ketones (excluding diaryl/α,β-unsaturated/α-hetero) is 1. The van der Waals surface area contributed by atoms with Gasteiger partial charge in [-0.05, 0) is 12.1 Å². The third kappa shape index (κ3) is 2.48. The Kier molecular flexibility index (Phi) is 3.06. The van der Waals surface area contributed by atoms with Crippen molar-refractivity contribution in [3.05, 3.63) is 45.9 Å². The Morgan fingerprint density at radius 3 is 2.71 bits per heavy atom. The fraction of sp³-hybridized carbons (Fsp3) is 0.111. The molecule has 1 aromatic rings. The van der Waals surface area contributed by atoms with Crippen LogP contribution in [0.2, 0.25) is 0 Å². The first-order chi connectivity index (χ1) is 6.61. The molecule has 0 aliphatic heterocycles. The third-order valence-electron chi connectivity index (χ3n) is 1.53. The van der Waals surface area contributed by atoms with Gasteiger partial charge in [-0.3, -0.25) is 19.9 Å². The number of nitro groups is 1. The lowest BCUT2D eigenvalue weighted by atomic mass is 10.2. The molecule has 14 heavy (non-hydrogen) atoms. The highest BCUT2D eigenvalue weighted by Gasteiger charge is 2.16. The van der Waals surface area contributed by atoms with Crippen molar-refractivity contribution in [2.45, 2.75) is 6.92 Å². The molecule has 5 heteroatoms. The van der Waals surface area contributed by atoms with E-state index in [0.29, 0.717) is 5.69 Å². The van der Waals surface area contributed by atoms with E-state index in [9.17, 15) is 14.9 Å². The average Bonchev–Trinajstić information content (AvgIpc) is 2.15. The van der Waals surface area contributed by atoms with Crippen molar-refractivity contribution in [2.24, 2.45) is 0 Å². The van der Waals surface area contributed by atoms with Gasteiger partial charge in [-0.1, -0.05) is 6.07 Å². The lowest BCUT2D eigenvalue weighted by Crippen LogP contribution is -2.07. The normalized spacial score (nSPS) is 11.1. The van der Waals surface area contributed by atoms with Crippen LogP contribution in [0.15, 0.2) is 30.1 Å². The highest BCUT2D eigenvalue weighted by Crippen LogP contribution is 2.05. The molecule has 0 unspecified atom stereocenters. The SMILES string of the molecule is CC(=O)C(=Cc1ccccn1)[N+](=O)[O-]. The summed E-state index contributed by atoms with van der Waals surface area (Å²) in [7, 11) is 0. The first kappa shape index (κ1) is 10.0. The second-order valence-corrected chi connectivity index (χ2v) is 2.60. The molecule has 0 fully saturated rings. The van der Waals surface area contributed by atoms with Gasteiger partial charge in [0.1, 0.15) is 0 Å². The summed E-state index contributed by atoms with van der Waals surface area (Å²) in [6.45, 7) is 1.15. The summed E-state index contributed by atoms with van der Waals surface area (Å²) in [5.41, 5.74) is -0.0573. The van der Waals surface area contributed by atoms with Crippen molar-refractivity contribution >= 4 is 11.9 Å². The van der Waals surface area contributed by atoms with Crippen molar-refractivity contribution in [2.75, 3.05) is 0 Å². The summed E-state index contributed by atoms with van der Waals surface area (Å²) in [5.74, 6) is -0.583. The molecule has 72 valence electrons. The summed E-state index contributed by atoms with van der Waals surface area (Å²) >= 11 is 0. The van der Waals surface area contributed by atoms with Gasteiger partial charge in [0.15, 0.2) is 0 Å². The van der Waals surface area contributed by atoms with E-state index in [1.807, 2.05) is 0 Å². The number of hydrogen-bond acceptors (Lipinski definition) is 4. The molecule has 0 aromatic carbocycles. The maximum Gasteiger partial charge on any atom is 0.313 e. The van der Waals surface area contributed by atoms with Gasteiger partial charge in [0, 0.05) is 19.2 Å². The van der Waals surface area contributed by atoms with Crippen molar-refractivity contribution in [1.29, 1.82) is 0 Å². The molecule has 0 N–H and O–H groups in total. The van der Waals surface area contributed by atoms with Crippen LogP contribution in [0.1, 0.15) is 12.6 Å². The summed E-state index contributed by atoms with van der Waals surface area (Å²) in [6.07, 6.45) is 2.66. The molecule has 0 atom stereocenters. The Labute approximate surface area is 80.2 Å². The molecule has 0 saturated carbocycles. The number of hydrogen-bond donors (Lipinski definition) is 0. The monoisotopic (exact) mass is 192 g/mol. The average molecular weight is 192 g/mol. The predicted molar refractivity (Wildman–Crippen MR) is 49.9 cm³/mol. The molecule has 0 aliphatic carbocycles. The Hall–Kier alpha value is -2.04. The van der Waals surface area contributed by atoms with Crippen LogP contribution >= 0.6 is 0 Å². The van der Waals surface area contributed by atoms with Gasteiger partial charge in [0.25, 0.3) is 0 Å². The predicted octanol–water partition coefficient (Wildman–Crippen LogP) is 1.29. The number of allylic oxidation sites excluding steroid dienone is 1. The van der Waals surface area contributed by atoms with E-state index in [0.717, 1.165) is 13.0 Å². The molecule has 0 amide bonds. The molecule has 0 saturated heterocycles. The minimum Gasteiger partial charge on any atom is -0.288 e. The van der Waals surface area contributed by atoms with Crippen molar-refractivity contribution < 1.29 is 9.72 Å². The molecule has 1 rings (SSSR count). The zero-order valence-electron chi connectivity index (χ0n) is 7.51. The quantitative estimate of drug-likeness (QED) is 0.411. The van der Waals surface area contributed by atoms with Gasteiger partial charge in [-0.15, -0.1) is 0 Å². The van der Waals surface area contributed by atoms with Crippen LogP contribution in [0.4, 0.5) is 0 Å². The van der Waals surface area contributed by atoms with Crippen LogP contribution in [0.3, 0.4) is 0 Å². The summed E-state index contributed by atoms with van der Waals surface area (Å²) < 4.78 is 0. The van der Waals surface area contributed by atoms with E-state index in [2.05, 4.69) is 4.98 Å². The fourth-order valence-electron chi connectivity index (χ4n) is 0.884. The van der Waals surface area contributed by atoms with Crippen LogP contribution in [-0.4, -0.2) is 15.7 Å². The second kappa shape index (κ2) is 4.27. The number of aromatic nitrogens is 1. The van der Waals surface area contributed by atoms with E-state index in [1.165, 1.54) is 6.20 Å². The minimum absolute atomic E-state index is 0.398. The van der Waals surface area contributed by atoms with Gasteiger partial charge in [-0.25, -0.2) is 0 Å².